The molecule has 1 amide bonds. The SMILES string of the molecule is CCOC(=O)C1CCN(C(=O)CC2=CSC3=NC(C)=C(C(=O)OCc4ccccc4)C(c4ccc([N+](=O)[O-])cc4)N23)CC1. The first-order valence-corrected chi connectivity index (χ1v) is 15.0. The summed E-state index contributed by atoms with van der Waals surface area (Å²) < 4.78 is 10.9. The number of allylic oxidation sites excluding steroid dienone is 1. The Morgan fingerprint density at radius 1 is 1.05 bits per heavy atom. The molecule has 1 saturated heterocycles. The summed E-state index contributed by atoms with van der Waals surface area (Å²) in [7, 11) is 0. The van der Waals surface area contributed by atoms with Crippen LogP contribution in [0.4, 0.5) is 5.69 Å². The van der Waals surface area contributed by atoms with Gasteiger partial charge in [-0.3, -0.25) is 19.7 Å². The summed E-state index contributed by atoms with van der Waals surface area (Å²) in [4.78, 5) is 58.4. The summed E-state index contributed by atoms with van der Waals surface area (Å²) in [5, 5.41) is 13.8. The number of amides is 1. The zero-order valence-electron chi connectivity index (χ0n) is 23.9. The molecule has 0 radical (unpaired) electrons. The summed E-state index contributed by atoms with van der Waals surface area (Å²) in [6.07, 6.45) is 1.14. The predicted octanol–water partition coefficient (Wildman–Crippen LogP) is 5.10. The molecule has 224 valence electrons. The number of carbonyl (C=O) groups is 3. The van der Waals surface area contributed by atoms with Crippen LogP contribution in [0.1, 0.15) is 50.3 Å². The van der Waals surface area contributed by atoms with Crippen LogP contribution < -0.4 is 0 Å². The number of ether oxygens (including phenoxy) is 2. The van der Waals surface area contributed by atoms with E-state index >= 15 is 0 Å². The molecule has 2 aromatic carbocycles. The van der Waals surface area contributed by atoms with Gasteiger partial charge in [-0.05, 0) is 55.4 Å². The van der Waals surface area contributed by atoms with Gasteiger partial charge in [-0.1, -0.05) is 42.1 Å². The van der Waals surface area contributed by atoms with Gasteiger partial charge in [-0.2, -0.15) is 0 Å². The number of benzene rings is 2. The lowest BCUT2D eigenvalue weighted by atomic mass is 9.93. The highest BCUT2D eigenvalue weighted by Crippen LogP contribution is 2.45. The second-order valence-electron chi connectivity index (χ2n) is 10.4. The molecule has 2 aromatic rings. The number of non-ortho nitro benzene ring substituents is 1. The van der Waals surface area contributed by atoms with Crippen LogP contribution in [-0.2, 0) is 30.5 Å². The maximum absolute atomic E-state index is 13.6. The molecule has 0 bridgehead atoms. The summed E-state index contributed by atoms with van der Waals surface area (Å²) in [6, 6.07) is 14.6. The number of hydrogen-bond donors (Lipinski definition) is 0. The lowest BCUT2D eigenvalue weighted by Crippen LogP contribution is -2.42. The molecule has 0 aromatic heterocycles. The maximum Gasteiger partial charge on any atom is 0.338 e. The van der Waals surface area contributed by atoms with E-state index in [9.17, 15) is 24.5 Å². The third-order valence-electron chi connectivity index (χ3n) is 7.65. The number of nitro benzene ring substituents is 1. The standard InChI is InChI=1S/C31H32N4O7S/c1-3-41-29(37)23-13-15-33(16-14-23)26(36)17-25-19-43-31-32-20(2)27(30(38)42-18-21-7-5-4-6-8-21)28(34(25)31)22-9-11-24(12-10-22)35(39)40/h4-12,19,23,28H,3,13-18H2,1-2H3. The van der Waals surface area contributed by atoms with Gasteiger partial charge in [0, 0.05) is 30.9 Å². The van der Waals surface area contributed by atoms with Gasteiger partial charge in [0.25, 0.3) is 5.69 Å². The van der Waals surface area contributed by atoms with E-state index < -0.39 is 16.9 Å². The molecule has 5 rings (SSSR count). The highest BCUT2D eigenvalue weighted by Gasteiger charge is 2.42. The van der Waals surface area contributed by atoms with E-state index in [1.54, 1.807) is 30.9 Å². The van der Waals surface area contributed by atoms with E-state index in [0.717, 1.165) is 5.56 Å². The van der Waals surface area contributed by atoms with Crippen molar-refractivity contribution >= 4 is 40.5 Å². The number of aliphatic imine (C=N–C) groups is 1. The first kappa shape index (κ1) is 30.0. The summed E-state index contributed by atoms with van der Waals surface area (Å²) >= 11 is 1.35. The molecule has 12 heteroatoms. The minimum Gasteiger partial charge on any atom is -0.466 e. The average molecular weight is 605 g/mol. The van der Waals surface area contributed by atoms with Gasteiger partial charge in [0.2, 0.25) is 5.91 Å². The van der Waals surface area contributed by atoms with Gasteiger partial charge < -0.3 is 19.3 Å². The third kappa shape index (κ3) is 6.64. The van der Waals surface area contributed by atoms with E-state index in [1.165, 1.54) is 23.9 Å². The number of carbonyl (C=O) groups excluding carboxylic acids is 3. The fourth-order valence-electron chi connectivity index (χ4n) is 5.42. The van der Waals surface area contributed by atoms with Gasteiger partial charge >= 0.3 is 11.9 Å². The Bertz CT molecular complexity index is 1500. The van der Waals surface area contributed by atoms with Gasteiger partial charge in [0.05, 0.1) is 41.2 Å². The molecule has 1 atom stereocenters. The molecule has 1 fully saturated rings. The van der Waals surface area contributed by atoms with Crippen LogP contribution in [0.15, 0.2) is 82.0 Å². The van der Waals surface area contributed by atoms with Gasteiger partial charge in [0.1, 0.15) is 6.61 Å². The Balaban J connectivity index is 1.38. The van der Waals surface area contributed by atoms with Crippen molar-refractivity contribution in [1.29, 1.82) is 0 Å². The second kappa shape index (κ2) is 13.2. The number of amidine groups is 1. The van der Waals surface area contributed by atoms with Crippen LogP contribution in [0, 0.1) is 16.0 Å². The largest absolute Gasteiger partial charge is 0.466 e. The fraction of sp³-hybridized carbons (Fsp3) is 0.355. The lowest BCUT2D eigenvalue weighted by molar-refractivity contribution is -0.384. The first-order valence-electron chi connectivity index (χ1n) is 14.1. The molecule has 0 spiro atoms. The molecule has 3 aliphatic rings. The number of nitro groups is 1. The molecule has 1 unspecified atom stereocenters. The lowest BCUT2D eigenvalue weighted by Gasteiger charge is -2.37. The number of hydrogen-bond acceptors (Lipinski definition) is 10. The van der Waals surface area contributed by atoms with Crippen LogP contribution in [-0.4, -0.2) is 57.4 Å². The number of piperidine rings is 1. The van der Waals surface area contributed by atoms with E-state index in [4.69, 9.17) is 9.47 Å². The van der Waals surface area contributed by atoms with Crippen LogP contribution >= 0.6 is 11.8 Å². The smallest absolute Gasteiger partial charge is 0.338 e. The van der Waals surface area contributed by atoms with E-state index in [-0.39, 0.29) is 36.5 Å². The maximum atomic E-state index is 13.6. The van der Waals surface area contributed by atoms with Crippen molar-refractivity contribution in [2.24, 2.45) is 10.9 Å². The Kier molecular flexibility index (Phi) is 9.24. The van der Waals surface area contributed by atoms with Crippen LogP contribution in [0.2, 0.25) is 0 Å². The summed E-state index contributed by atoms with van der Waals surface area (Å²) in [5.74, 6) is -1.10. The fourth-order valence-corrected chi connectivity index (χ4v) is 6.38. The van der Waals surface area contributed by atoms with Crippen LogP contribution in [0.3, 0.4) is 0 Å². The van der Waals surface area contributed by atoms with Gasteiger partial charge in [0.15, 0.2) is 5.17 Å². The molecule has 3 aliphatic heterocycles. The quantitative estimate of drug-likeness (QED) is 0.218. The molecular weight excluding hydrogens is 572 g/mol. The summed E-state index contributed by atoms with van der Waals surface area (Å²) in [5.41, 5.74) is 2.81. The minimum absolute atomic E-state index is 0.0605. The molecule has 0 N–H and O–H groups in total. The van der Waals surface area contributed by atoms with E-state index in [0.29, 0.717) is 60.2 Å². The zero-order chi connectivity index (χ0) is 30.5. The average Bonchev–Trinajstić information content (AvgIpc) is 3.41. The second-order valence-corrected chi connectivity index (χ2v) is 11.2. The number of esters is 2. The molecule has 11 nitrogen and oxygen atoms in total. The number of fused-ring (bicyclic) bond motifs is 1. The number of likely N-dealkylation sites (tertiary alicyclic amines) is 1. The van der Waals surface area contributed by atoms with Crippen molar-refractivity contribution in [3.05, 3.63) is 98.2 Å². The van der Waals surface area contributed by atoms with Gasteiger partial charge in [-0.15, -0.1) is 0 Å². The van der Waals surface area contributed by atoms with Crippen LogP contribution in [0.25, 0.3) is 0 Å². The van der Waals surface area contributed by atoms with E-state index in [1.807, 2.05) is 40.6 Å². The zero-order valence-corrected chi connectivity index (χ0v) is 24.7. The van der Waals surface area contributed by atoms with E-state index in [2.05, 4.69) is 4.99 Å². The molecule has 0 aliphatic carbocycles. The van der Waals surface area contributed by atoms with Crippen molar-refractivity contribution in [2.75, 3.05) is 19.7 Å². The van der Waals surface area contributed by atoms with Gasteiger partial charge in [-0.25, -0.2) is 9.79 Å². The minimum atomic E-state index is -0.708. The van der Waals surface area contributed by atoms with Crippen LogP contribution in [0.5, 0.6) is 0 Å². The Morgan fingerprint density at radius 3 is 2.40 bits per heavy atom. The summed E-state index contributed by atoms with van der Waals surface area (Å²) in [6.45, 7) is 4.81. The molecule has 43 heavy (non-hydrogen) atoms. The molecule has 3 heterocycles. The van der Waals surface area contributed by atoms with Crippen molar-refractivity contribution < 1.29 is 28.8 Å². The monoisotopic (exact) mass is 604 g/mol. The predicted molar refractivity (Wildman–Crippen MR) is 160 cm³/mol. The molecular formula is C31H32N4O7S. The third-order valence-corrected chi connectivity index (χ3v) is 8.54. The number of nitrogens with zero attached hydrogens (tertiary/aromatic N) is 4. The number of thioether (sulfide) groups is 1. The van der Waals surface area contributed by atoms with Crippen molar-refractivity contribution in [2.45, 2.75) is 45.8 Å². The highest BCUT2D eigenvalue weighted by atomic mass is 32.2. The Hall–Kier alpha value is -4.45. The Morgan fingerprint density at radius 2 is 1.74 bits per heavy atom. The highest BCUT2D eigenvalue weighted by molar-refractivity contribution is 8.16. The first-order chi connectivity index (χ1) is 20.8. The van der Waals surface area contributed by atoms with Crippen molar-refractivity contribution in [1.82, 2.24) is 9.80 Å². The van der Waals surface area contributed by atoms with Crippen molar-refractivity contribution in [3.63, 3.8) is 0 Å². The Labute approximate surface area is 253 Å². The number of rotatable bonds is 9. The topological polar surface area (TPSA) is 132 Å². The molecule has 0 saturated carbocycles. The normalized spacial score (nSPS) is 18.5. The van der Waals surface area contributed by atoms with Crippen molar-refractivity contribution in [3.8, 4) is 0 Å².